The maximum absolute atomic E-state index is 9.00. The second kappa shape index (κ2) is 10.4. The number of aryl methyl sites for hydroxylation is 1. The molecule has 1 N–H and O–H groups in total. The van der Waals surface area contributed by atoms with Gasteiger partial charge < -0.3 is 9.84 Å². The van der Waals surface area contributed by atoms with Gasteiger partial charge in [0.05, 0.1) is 12.3 Å². The third-order valence-electron chi connectivity index (χ3n) is 4.01. The Balaban J connectivity index is 0.000000271. The molecule has 0 bridgehead atoms. The Bertz CT molecular complexity index is 951. The Kier molecular flexibility index (Phi) is 7.36. The summed E-state index contributed by atoms with van der Waals surface area (Å²) in [5, 5.41) is 12.0. The van der Waals surface area contributed by atoms with Crippen LogP contribution in [0.2, 0.25) is 0 Å². The van der Waals surface area contributed by atoms with E-state index in [1.807, 2.05) is 66.0 Å². The van der Waals surface area contributed by atoms with Crippen molar-refractivity contribution in [3.8, 4) is 16.3 Å². The number of rotatable bonds is 5. The summed E-state index contributed by atoms with van der Waals surface area (Å²) >= 11 is 1.62. The van der Waals surface area contributed by atoms with Crippen LogP contribution in [0.15, 0.2) is 90.3 Å². The monoisotopic (exact) mass is 389 g/mol. The van der Waals surface area contributed by atoms with Crippen LogP contribution in [0.1, 0.15) is 16.8 Å². The van der Waals surface area contributed by atoms with E-state index in [1.165, 1.54) is 5.56 Å². The molecule has 0 aliphatic rings. The van der Waals surface area contributed by atoms with Crippen LogP contribution in [0, 0.1) is 6.92 Å². The van der Waals surface area contributed by atoms with Crippen molar-refractivity contribution in [2.45, 2.75) is 20.1 Å². The third kappa shape index (κ3) is 6.05. The molecule has 3 nitrogen and oxygen atoms in total. The van der Waals surface area contributed by atoms with Crippen molar-refractivity contribution in [1.82, 2.24) is 4.98 Å². The fourth-order valence-corrected chi connectivity index (χ4v) is 3.28. The predicted molar refractivity (Wildman–Crippen MR) is 115 cm³/mol. The van der Waals surface area contributed by atoms with E-state index in [0.717, 1.165) is 27.6 Å². The van der Waals surface area contributed by atoms with Crippen LogP contribution in [0.25, 0.3) is 10.6 Å². The molecular formula is C24H23NO2S. The van der Waals surface area contributed by atoms with E-state index in [2.05, 4.69) is 36.2 Å². The van der Waals surface area contributed by atoms with Crippen molar-refractivity contribution in [1.29, 1.82) is 0 Å². The van der Waals surface area contributed by atoms with Crippen molar-refractivity contribution >= 4 is 11.3 Å². The highest BCUT2D eigenvalue weighted by Gasteiger charge is 2.05. The van der Waals surface area contributed by atoms with Gasteiger partial charge >= 0.3 is 0 Å². The highest BCUT2D eigenvalue weighted by Crippen LogP contribution is 2.24. The molecule has 0 saturated carbocycles. The SMILES string of the molecule is Cc1ccccc1.OCc1ccc(OCc2csc(-c3ccccc3)n2)cc1. The van der Waals surface area contributed by atoms with E-state index in [4.69, 9.17) is 9.84 Å². The number of nitrogens with zero attached hydrogens (tertiary/aromatic N) is 1. The fraction of sp³-hybridized carbons (Fsp3) is 0.125. The summed E-state index contributed by atoms with van der Waals surface area (Å²) in [7, 11) is 0. The maximum atomic E-state index is 9.00. The molecule has 0 unspecified atom stereocenters. The van der Waals surface area contributed by atoms with Gasteiger partial charge in [-0.2, -0.15) is 0 Å². The molecule has 1 aromatic heterocycles. The summed E-state index contributed by atoms with van der Waals surface area (Å²) in [5.41, 5.74) is 4.25. The van der Waals surface area contributed by atoms with Crippen molar-refractivity contribution < 1.29 is 9.84 Å². The summed E-state index contributed by atoms with van der Waals surface area (Å²) in [4.78, 5) is 4.58. The number of hydrogen-bond acceptors (Lipinski definition) is 4. The summed E-state index contributed by atoms with van der Waals surface area (Å²) in [6.07, 6.45) is 0. The zero-order valence-electron chi connectivity index (χ0n) is 15.8. The minimum Gasteiger partial charge on any atom is -0.487 e. The Hall–Kier alpha value is -2.95. The number of hydrogen-bond donors (Lipinski definition) is 1. The minimum atomic E-state index is 0.0484. The van der Waals surface area contributed by atoms with Gasteiger partial charge in [0.15, 0.2) is 0 Å². The normalized spacial score (nSPS) is 10.1. The standard InChI is InChI=1S/C17H15NO2S.C7H8/c19-10-13-6-8-16(9-7-13)20-11-15-12-21-17(18-15)14-4-2-1-3-5-14;1-7-5-3-2-4-6-7/h1-9,12,19H,10-11H2;2-6H,1H3. The van der Waals surface area contributed by atoms with E-state index >= 15 is 0 Å². The molecular weight excluding hydrogens is 366 g/mol. The van der Waals surface area contributed by atoms with Gasteiger partial charge in [-0.25, -0.2) is 4.98 Å². The van der Waals surface area contributed by atoms with Gasteiger partial charge in [-0.15, -0.1) is 11.3 Å². The van der Waals surface area contributed by atoms with Crippen molar-refractivity contribution in [2.75, 3.05) is 0 Å². The first-order valence-electron chi connectivity index (χ1n) is 9.08. The molecule has 4 rings (SSSR count). The molecule has 28 heavy (non-hydrogen) atoms. The average Bonchev–Trinajstić information content (AvgIpc) is 3.23. The van der Waals surface area contributed by atoms with Gasteiger partial charge in [0.1, 0.15) is 17.4 Å². The molecule has 0 aliphatic heterocycles. The van der Waals surface area contributed by atoms with Crippen LogP contribution in [0.3, 0.4) is 0 Å². The van der Waals surface area contributed by atoms with Crippen molar-refractivity contribution in [3.05, 3.63) is 107 Å². The Morgan fingerprint density at radius 2 is 1.50 bits per heavy atom. The van der Waals surface area contributed by atoms with Crippen LogP contribution in [-0.2, 0) is 13.2 Å². The molecule has 0 spiro atoms. The van der Waals surface area contributed by atoms with Gasteiger partial charge in [0.2, 0.25) is 0 Å². The first kappa shape index (κ1) is 19.8. The molecule has 0 atom stereocenters. The number of aliphatic hydroxyl groups excluding tert-OH is 1. The number of benzene rings is 3. The van der Waals surface area contributed by atoms with Gasteiger partial charge in [-0.1, -0.05) is 78.4 Å². The second-order valence-corrected chi connectivity index (χ2v) is 7.11. The summed E-state index contributed by atoms with van der Waals surface area (Å²) in [6, 6.07) is 27.8. The Labute approximate surface area is 169 Å². The number of ether oxygens (including phenoxy) is 1. The maximum Gasteiger partial charge on any atom is 0.131 e. The van der Waals surface area contributed by atoms with Gasteiger partial charge in [0, 0.05) is 10.9 Å². The average molecular weight is 390 g/mol. The fourth-order valence-electron chi connectivity index (χ4n) is 2.47. The molecule has 4 heteroatoms. The van der Waals surface area contributed by atoms with Gasteiger partial charge in [0.25, 0.3) is 0 Å². The second-order valence-electron chi connectivity index (χ2n) is 6.26. The zero-order valence-corrected chi connectivity index (χ0v) is 16.6. The highest BCUT2D eigenvalue weighted by molar-refractivity contribution is 7.13. The first-order valence-corrected chi connectivity index (χ1v) is 9.96. The van der Waals surface area contributed by atoms with E-state index in [9.17, 15) is 0 Å². The summed E-state index contributed by atoms with van der Waals surface area (Å²) in [6.45, 7) is 2.58. The lowest BCUT2D eigenvalue weighted by atomic mass is 10.2. The van der Waals surface area contributed by atoms with Crippen LogP contribution < -0.4 is 4.74 Å². The topological polar surface area (TPSA) is 42.4 Å². The highest BCUT2D eigenvalue weighted by atomic mass is 32.1. The summed E-state index contributed by atoms with van der Waals surface area (Å²) in [5.74, 6) is 0.779. The zero-order chi connectivity index (χ0) is 19.6. The van der Waals surface area contributed by atoms with Crippen molar-refractivity contribution in [2.24, 2.45) is 0 Å². The molecule has 4 aromatic rings. The molecule has 1 heterocycles. The lowest BCUT2D eigenvalue weighted by molar-refractivity contribution is 0.280. The quantitative estimate of drug-likeness (QED) is 0.464. The van der Waals surface area contributed by atoms with E-state index in [-0.39, 0.29) is 6.61 Å². The van der Waals surface area contributed by atoms with E-state index in [0.29, 0.717) is 6.61 Å². The smallest absolute Gasteiger partial charge is 0.131 e. The van der Waals surface area contributed by atoms with Crippen LogP contribution in [-0.4, -0.2) is 10.1 Å². The largest absolute Gasteiger partial charge is 0.487 e. The lowest BCUT2D eigenvalue weighted by Gasteiger charge is -2.04. The Morgan fingerprint density at radius 3 is 2.07 bits per heavy atom. The van der Waals surface area contributed by atoms with Gasteiger partial charge in [-0.05, 0) is 24.6 Å². The van der Waals surface area contributed by atoms with Crippen LogP contribution in [0.4, 0.5) is 0 Å². The van der Waals surface area contributed by atoms with Gasteiger partial charge in [-0.3, -0.25) is 0 Å². The van der Waals surface area contributed by atoms with Crippen molar-refractivity contribution in [3.63, 3.8) is 0 Å². The molecule has 3 aromatic carbocycles. The first-order chi connectivity index (χ1) is 13.7. The number of aliphatic hydroxyl groups is 1. The lowest BCUT2D eigenvalue weighted by Crippen LogP contribution is -1.96. The molecule has 0 saturated heterocycles. The van der Waals surface area contributed by atoms with Crippen LogP contribution >= 0.6 is 11.3 Å². The predicted octanol–water partition coefficient (Wildman–Crippen LogP) is 5.88. The summed E-state index contributed by atoms with van der Waals surface area (Å²) < 4.78 is 5.70. The van der Waals surface area contributed by atoms with Crippen LogP contribution in [0.5, 0.6) is 5.75 Å². The Morgan fingerprint density at radius 1 is 0.857 bits per heavy atom. The van der Waals surface area contributed by atoms with E-state index < -0.39 is 0 Å². The molecule has 0 aliphatic carbocycles. The molecule has 142 valence electrons. The van der Waals surface area contributed by atoms with E-state index in [1.54, 1.807) is 11.3 Å². The minimum absolute atomic E-state index is 0.0484. The molecule has 0 amide bonds. The third-order valence-corrected chi connectivity index (χ3v) is 4.95. The molecule has 0 fully saturated rings. The number of aromatic nitrogens is 1. The number of thiazole rings is 1. The molecule has 0 radical (unpaired) electrons.